The Morgan fingerprint density at radius 3 is 2.33 bits per heavy atom. The lowest BCUT2D eigenvalue weighted by Crippen LogP contribution is -2.54. The second-order valence-electron chi connectivity index (χ2n) is 14.7. The summed E-state index contributed by atoms with van der Waals surface area (Å²) in [4.78, 5) is 81.5. The van der Waals surface area contributed by atoms with Crippen molar-refractivity contribution in [1.29, 1.82) is 0 Å². The SMILES string of the molecule is CN1C(=O)CCc2cc(Nc3cc(OC4CCN(C5CCN(c6ccc7c(c6)C(=O)N(C6CCC(=O)NC6=O)C7=O)CC5)CC4)c([N+](=O)[O-])cc3Cl)ccc21. The highest BCUT2D eigenvalue weighted by Crippen LogP contribution is 2.40. The molecule has 1 unspecified atom stereocenters. The van der Waals surface area contributed by atoms with Crippen LogP contribution in [0.3, 0.4) is 0 Å². The quantitative estimate of drug-likeness (QED) is 0.183. The summed E-state index contributed by atoms with van der Waals surface area (Å²) in [6, 6.07) is 13.2. The number of carbonyl (C=O) groups excluding carboxylic acids is 5. The molecule has 5 heterocycles. The fourth-order valence-electron chi connectivity index (χ4n) is 8.45. The Bertz CT molecular complexity index is 2130. The number of aryl methyl sites for hydroxylation is 1. The third-order valence-electron chi connectivity index (χ3n) is 11.5. The molecule has 0 aromatic heterocycles. The minimum absolute atomic E-state index is 0.0689. The minimum Gasteiger partial charge on any atom is -0.483 e. The predicted molar refractivity (Wildman–Crippen MR) is 203 cm³/mol. The number of halogens is 1. The van der Waals surface area contributed by atoms with Crippen LogP contribution in [-0.4, -0.2) is 95.7 Å². The van der Waals surface area contributed by atoms with E-state index in [2.05, 4.69) is 20.4 Å². The molecule has 3 saturated heterocycles. The summed E-state index contributed by atoms with van der Waals surface area (Å²) in [6.07, 6.45) is 4.21. The van der Waals surface area contributed by atoms with Crippen LogP contribution in [0.4, 0.5) is 28.4 Å². The third-order valence-corrected chi connectivity index (χ3v) is 11.8. The Labute approximate surface area is 321 Å². The van der Waals surface area contributed by atoms with E-state index >= 15 is 0 Å². The molecule has 0 bridgehead atoms. The van der Waals surface area contributed by atoms with Crippen LogP contribution in [0.25, 0.3) is 0 Å². The first-order valence-corrected chi connectivity index (χ1v) is 19.0. The van der Waals surface area contributed by atoms with Crippen LogP contribution in [0.15, 0.2) is 48.5 Å². The molecule has 5 aliphatic heterocycles. The summed E-state index contributed by atoms with van der Waals surface area (Å²) in [5.41, 5.74) is 4.28. The van der Waals surface area contributed by atoms with Gasteiger partial charge < -0.3 is 19.9 Å². The first kappa shape index (κ1) is 36.4. The summed E-state index contributed by atoms with van der Waals surface area (Å²) in [7, 11) is 1.76. The number of anilines is 4. The Morgan fingerprint density at radius 1 is 0.855 bits per heavy atom. The number of hydrogen-bond donors (Lipinski definition) is 2. The van der Waals surface area contributed by atoms with Gasteiger partial charge in [-0.05, 0) is 80.5 Å². The van der Waals surface area contributed by atoms with Crippen LogP contribution in [-0.2, 0) is 20.8 Å². The molecule has 0 aliphatic carbocycles. The number of nitro benzene ring substituents is 1. The number of fused-ring (bicyclic) bond motifs is 2. The van der Waals surface area contributed by atoms with Gasteiger partial charge in [-0.1, -0.05) is 11.6 Å². The zero-order valence-electron chi connectivity index (χ0n) is 30.2. The fraction of sp³-hybridized carbons (Fsp3) is 0.410. The van der Waals surface area contributed by atoms with E-state index in [0.717, 1.165) is 66.5 Å². The average Bonchev–Trinajstić information content (AvgIpc) is 3.42. The number of likely N-dealkylation sites (tertiary alicyclic amines) is 1. The second kappa shape index (κ2) is 14.6. The molecular formula is C39H40ClN7O8. The molecule has 286 valence electrons. The highest BCUT2D eigenvalue weighted by atomic mass is 35.5. The topological polar surface area (TPSA) is 175 Å². The van der Waals surface area contributed by atoms with Gasteiger partial charge in [0.15, 0.2) is 5.75 Å². The second-order valence-corrected chi connectivity index (χ2v) is 15.1. The van der Waals surface area contributed by atoms with Crippen molar-refractivity contribution < 1.29 is 33.6 Å². The molecule has 5 amide bonds. The van der Waals surface area contributed by atoms with E-state index in [4.69, 9.17) is 16.3 Å². The first-order chi connectivity index (χ1) is 26.4. The van der Waals surface area contributed by atoms with E-state index in [-0.39, 0.29) is 52.4 Å². The van der Waals surface area contributed by atoms with Crippen molar-refractivity contribution in [2.24, 2.45) is 0 Å². The van der Waals surface area contributed by atoms with Crippen LogP contribution in [0, 0.1) is 10.1 Å². The van der Waals surface area contributed by atoms with Crippen LogP contribution < -0.4 is 25.2 Å². The molecule has 2 N–H and O–H groups in total. The number of carbonyl (C=O) groups is 5. The van der Waals surface area contributed by atoms with Gasteiger partial charge in [-0.2, -0.15) is 0 Å². The number of amides is 5. The number of imide groups is 2. The highest BCUT2D eigenvalue weighted by Gasteiger charge is 2.45. The Hall–Kier alpha value is -5.54. The highest BCUT2D eigenvalue weighted by molar-refractivity contribution is 6.33. The van der Waals surface area contributed by atoms with Gasteiger partial charge in [-0.3, -0.25) is 49.2 Å². The summed E-state index contributed by atoms with van der Waals surface area (Å²) in [5.74, 6) is -1.86. The number of ether oxygens (including phenoxy) is 1. The number of piperidine rings is 3. The molecule has 3 fully saturated rings. The average molecular weight is 770 g/mol. The smallest absolute Gasteiger partial charge is 0.312 e. The molecule has 8 rings (SSSR count). The number of nitrogens with zero attached hydrogens (tertiary/aromatic N) is 5. The van der Waals surface area contributed by atoms with Gasteiger partial charge in [0.1, 0.15) is 12.1 Å². The standard InChI is InChI=1S/C39H40ClN7O8/c1-43-31-6-3-23(18-22(31)2-9-36(43)49)41-30-21-34(33(47(53)54)20-29(30)40)55-26-12-16-44(17-13-26)24-10-14-45(15-11-24)25-4-5-27-28(19-25)39(52)46(38(27)51)32-7-8-35(48)42-37(32)50/h3-6,18-21,24,26,32,41H,2,7-17H2,1H3,(H,42,48,50). The molecular weight excluding hydrogens is 730 g/mol. The van der Waals surface area contributed by atoms with Crippen molar-refractivity contribution >= 4 is 69.6 Å². The summed E-state index contributed by atoms with van der Waals surface area (Å²) < 4.78 is 6.31. The van der Waals surface area contributed by atoms with Crippen molar-refractivity contribution in [3.8, 4) is 5.75 Å². The van der Waals surface area contributed by atoms with Gasteiger partial charge >= 0.3 is 5.69 Å². The van der Waals surface area contributed by atoms with E-state index in [1.165, 1.54) is 6.07 Å². The maximum absolute atomic E-state index is 13.3. The van der Waals surface area contributed by atoms with Crippen LogP contribution in [0.1, 0.15) is 71.2 Å². The Morgan fingerprint density at radius 2 is 1.60 bits per heavy atom. The maximum atomic E-state index is 13.3. The maximum Gasteiger partial charge on any atom is 0.312 e. The minimum atomic E-state index is -1.00. The largest absolute Gasteiger partial charge is 0.483 e. The van der Waals surface area contributed by atoms with Gasteiger partial charge in [0.25, 0.3) is 11.8 Å². The van der Waals surface area contributed by atoms with Crippen LogP contribution in [0.5, 0.6) is 5.75 Å². The molecule has 0 spiro atoms. The van der Waals surface area contributed by atoms with Crippen LogP contribution >= 0.6 is 11.6 Å². The molecule has 5 aliphatic rings. The Balaban J connectivity index is 0.868. The lowest BCUT2D eigenvalue weighted by Gasteiger charge is -2.42. The summed E-state index contributed by atoms with van der Waals surface area (Å²) in [6.45, 7) is 3.06. The molecule has 0 saturated carbocycles. The molecule has 15 nitrogen and oxygen atoms in total. The summed E-state index contributed by atoms with van der Waals surface area (Å²) in [5, 5.41) is 17.7. The zero-order valence-corrected chi connectivity index (χ0v) is 31.0. The fourth-order valence-corrected chi connectivity index (χ4v) is 8.65. The molecule has 1 atom stereocenters. The molecule has 3 aromatic carbocycles. The van der Waals surface area contributed by atoms with E-state index < -0.39 is 34.6 Å². The summed E-state index contributed by atoms with van der Waals surface area (Å²) >= 11 is 6.52. The number of hydrogen-bond acceptors (Lipinski definition) is 11. The monoisotopic (exact) mass is 769 g/mol. The number of rotatable bonds is 8. The van der Waals surface area contributed by atoms with Gasteiger partial charge in [-0.15, -0.1) is 0 Å². The molecule has 0 radical (unpaired) electrons. The molecule has 55 heavy (non-hydrogen) atoms. The van der Waals surface area contributed by atoms with E-state index in [1.807, 2.05) is 24.3 Å². The van der Waals surface area contributed by atoms with Gasteiger partial charge in [0.05, 0.1) is 26.8 Å². The number of nitrogens with one attached hydrogen (secondary N) is 2. The lowest BCUT2D eigenvalue weighted by atomic mass is 9.98. The van der Waals surface area contributed by atoms with Crippen molar-refractivity contribution in [1.82, 2.24) is 15.1 Å². The first-order valence-electron chi connectivity index (χ1n) is 18.6. The van der Waals surface area contributed by atoms with Crippen LogP contribution in [0.2, 0.25) is 5.02 Å². The Kier molecular flexibility index (Phi) is 9.67. The number of nitro groups is 1. The van der Waals surface area contributed by atoms with E-state index in [0.29, 0.717) is 37.4 Å². The van der Waals surface area contributed by atoms with Gasteiger partial charge in [0, 0.05) is 81.3 Å². The van der Waals surface area contributed by atoms with E-state index in [9.17, 15) is 34.1 Å². The normalized spacial score (nSPS) is 21.1. The third kappa shape index (κ3) is 6.98. The van der Waals surface area contributed by atoms with Gasteiger partial charge in [0.2, 0.25) is 17.7 Å². The predicted octanol–water partition coefficient (Wildman–Crippen LogP) is 4.81. The van der Waals surface area contributed by atoms with Gasteiger partial charge in [-0.25, -0.2) is 0 Å². The van der Waals surface area contributed by atoms with E-state index in [1.54, 1.807) is 30.1 Å². The zero-order chi connectivity index (χ0) is 38.5. The lowest BCUT2D eigenvalue weighted by molar-refractivity contribution is -0.386. The molecule has 16 heteroatoms. The number of benzene rings is 3. The molecule has 3 aromatic rings. The van der Waals surface area contributed by atoms with Crippen molar-refractivity contribution in [2.75, 3.05) is 48.3 Å². The van der Waals surface area contributed by atoms with Crippen molar-refractivity contribution in [3.63, 3.8) is 0 Å². The van der Waals surface area contributed by atoms with Crippen molar-refractivity contribution in [2.45, 2.75) is 69.6 Å². The van der Waals surface area contributed by atoms with Crippen molar-refractivity contribution in [3.05, 3.63) is 80.4 Å².